The molecule has 0 aromatic heterocycles. The molecule has 4 nitrogen and oxygen atoms in total. The number of hydrogen-bond acceptors (Lipinski definition) is 2. The number of hydrogen-bond donors (Lipinski definition) is 2. The zero-order valence-corrected chi connectivity index (χ0v) is 15.8. The van der Waals surface area contributed by atoms with Crippen molar-refractivity contribution < 1.29 is 4.79 Å². The summed E-state index contributed by atoms with van der Waals surface area (Å²) in [6.07, 6.45) is 2.24. The summed E-state index contributed by atoms with van der Waals surface area (Å²) >= 11 is 0. The number of amides is 2. The smallest absolute Gasteiger partial charge is 0.319 e. The highest BCUT2D eigenvalue weighted by Gasteiger charge is 2.22. The Bertz CT molecular complexity index is 729. The molecular weight excluding hydrogens is 322 g/mol. The van der Waals surface area contributed by atoms with E-state index in [0.717, 1.165) is 44.7 Å². The monoisotopic (exact) mass is 351 g/mol. The van der Waals surface area contributed by atoms with Crippen LogP contribution >= 0.6 is 0 Å². The van der Waals surface area contributed by atoms with Crippen LogP contribution in [0.15, 0.2) is 48.5 Å². The van der Waals surface area contributed by atoms with Crippen molar-refractivity contribution in [2.75, 3.05) is 31.5 Å². The number of urea groups is 1. The predicted molar refractivity (Wildman–Crippen MR) is 108 cm³/mol. The number of aryl methyl sites for hydroxylation is 2. The van der Waals surface area contributed by atoms with Gasteiger partial charge in [-0.15, -0.1) is 0 Å². The van der Waals surface area contributed by atoms with Crippen LogP contribution in [0.5, 0.6) is 0 Å². The lowest BCUT2D eigenvalue weighted by atomic mass is 10.1. The van der Waals surface area contributed by atoms with E-state index >= 15 is 0 Å². The number of anilines is 1. The summed E-state index contributed by atoms with van der Waals surface area (Å²) in [7, 11) is 0. The molecule has 1 fully saturated rings. The summed E-state index contributed by atoms with van der Waals surface area (Å²) < 4.78 is 0. The molecule has 2 aromatic rings. The second-order valence-electron chi connectivity index (χ2n) is 7.32. The number of nitrogens with one attached hydrogen (secondary N) is 2. The average Bonchev–Trinajstić information content (AvgIpc) is 3.10. The maximum Gasteiger partial charge on any atom is 0.319 e. The fraction of sp³-hybridized carbons (Fsp3) is 0.409. The third-order valence-corrected chi connectivity index (χ3v) is 5.25. The second-order valence-corrected chi connectivity index (χ2v) is 7.32. The minimum absolute atomic E-state index is 0.115. The SMILES string of the molecule is Cc1ccc(NC(=O)NC[C@@H]2CCN(CCc3ccccc3)C2)cc1C. The molecule has 0 bridgehead atoms. The van der Waals surface area contributed by atoms with Gasteiger partial charge in [0.05, 0.1) is 0 Å². The molecule has 0 unspecified atom stereocenters. The van der Waals surface area contributed by atoms with Crippen LogP contribution in [-0.2, 0) is 6.42 Å². The number of nitrogens with zero attached hydrogens (tertiary/aromatic N) is 1. The molecule has 1 aliphatic rings. The molecule has 0 radical (unpaired) electrons. The molecule has 1 heterocycles. The Morgan fingerprint density at radius 3 is 2.69 bits per heavy atom. The van der Waals surface area contributed by atoms with Crippen LogP contribution in [0.3, 0.4) is 0 Å². The van der Waals surface area contributed by atoms with Gasteiger partial charge in [0.2, 0.25) is 0 Å². The minimum atomic E-state index is -0.115. The number of likely N-dealkylation sites (tertiary alicyclic amines) is 1. The van der Waals surface area contributed by atoms with E-state index in [-0.39, 0.29) is 6.03 Å². The van der Waals surface area contributed by atoms with Gasteiger partial charge in [-0.25, -0.2) is 4.79 Å². The van der Waals surface area contributed by atoms with Crippen LogP contribution in [0.2, 0.25) is 0 Å². The molecule has 138 valence electrons. The van der Waals surface area contributed by atoms with E-state index in [1.165, 1.54) is 16.7 Å². The second kappa shape index (κ2) is 8.86. The fourth-order valence-corrected chi connectivity index (χ4v) is 3.45. The van der Waals surface area contributed by atoms with Crippen LogP contribution in [0.25, 0.3) is 0 Å². The van der Waals surface area contributed by atoms with Gasteiger partial charge >= 0.3 is 6.03 Å². The first kappa shape index (κ1) is 18.5. The minimum Gasteiger partial charge on any atom is -0.338 e. The van der Waals surface area contributed by atoms with Gasteiger partial charge in [-0.2, -0.15) is 0 Å². The van der Waals surface area contributed by atoms with E-state index in [0.29, 0.717) is 5.92 Å². The molecule has 1 aliphatic heterocycles. The molecule has 1 atom stereocenters. The van der Waals surface area contributed by atoms with Crippen molar-refractivity contribution in [2.45, 2.75) is 26.7 Å². The molecule has 0 saturated carbocycles. The lowest BCUT2D eigenvalue weighted by Gasteiger charge is -2.16. The first-order valence-corrected chi connectivity index (χ1v) is 9.48. The number of carbonyl (C=O) groups excluding carboxylic acids is 1. The Morgan fingerprint density at radius 2 is 1.92 bits per heavy atom. The van der Waals surface area contributed by atoms with Crippen LogP contribution in [0, 0.1) is 19.8 Å². The highest BCUT2D eigenvalue weighted by molar-refractivity contribution is 5.89. The molecule has 2 N–H and O–H groups in total. The van der Waals surface area contributed by atoms with Crippen LogP contribution in [-0.4, -0.2) is 37.1 Å². The number of benzene rings is 2. The number of rotatable bonds is 6. The lowest BCUT2D eigenvalue weighted by Crippen LogP contribution is -2.34. The van der Waals surface area contributed by atoms with Gasteiger partial charge in [0, 0.05) is 25.3 Å². The van der Waals surface area contributed by atoms with E-state index in [4.69, 9.17) is 0 Å². The topological polar surface area (TPSA) is 44.4 Å². The molecular formula is C22H29N3O. The van der Waals surface area contributed by atoms with Crippen molar-refractivity contribution in [3.8, 4) is 0 Å². The zero-order chi connectivity index (χ0) is 18.4. The Morgan fingerprint density at radius 1 is 1.12 bits per heavy atom. The number of carbonyl (C=O) groups is 1. The normalized spacial score (nSPS) is 17.2. The molecule has 0 spiro atoms. The summed E-state index contributed by atoms with van der Waals surface area (Å²) in [5.41, 5.74) is 4.66. The average molecular weight is 351 g/mol. The maximum absolute atomic E-state index is 12.1. The standard InChI is InChI=1S/C22H29N3O/c1-17-8-9-21(14-18(17)2)24-22(26)23-15-20-11-13-25(16-20)12-10-19-6-4-3-5-7-19/h3-9,14,20H,10-13,15-16H2,1-2H3,(H2,23,24,26)/t20-/m0/s1. The molecule has 0 aliphatic carbocycles. The summed E-state index contributed by atoms with van der Waals surface area (Å²) in [6, 6.07) is 16.5. The third-order valence-electron chi connectivity index (χ3n) is 5.25. The first-order chi connectivity index (χ1) is 12.6. The fourth-order valence-electron chi connectivity index (χ4n) is 3.45. The van der Waals surface area contributed by atoms with Gasteiger partial charge in [0.15, 0.2) is 0 Å². The Balaban J connectivity index is 1.37. The maximum atomic E-state index is 12.1. The Labute approximate surface area is 156 Å². The summed E-state index contributed by atoms with van der Waals surface area (Å²) in [5.74, 6) is 0.538. The zero-order valence-electron chi connectivity index (χ0n) is 15.8. The largest absolute Gasteiger partial charge is 0.338 e. The van der Waals surface area contributed by atoms with E-state index < -0.39 is 0 Å². The highest BCUT2D eigenvalue weighted by atomic mass is 16.2. The van der Waals surface area contributed by atoms with E-state index in [1.807, 2.05) is 18.2 Å². The van der Waals surface area contributed by atoms with Crippen molar-refractivity contribution in [3.05, 3.63) is 65.2 Å². The molecule has 2 amide bonds. The van der Waals surface area contributed by atoms with Gasteiger partial charge < -0.3 is 15.5 Å². The van der Waals surface area contributed by atoms with E-state index in [2.05, 4.69) is 59.7 Å². The lowest BCUT2D eigenvalue weighted by molar-refractivity contribution is 0.249. The summed E-state index contributed by atoms with van der Waals surface area (Å²) in [5, 5.41) is 5.95. The van der Waals surface area contributed by atoms with Crippen LogP contribution in [0.1, 0.15) is 23.1 Å². The third kappa shape index (κ3) is 5.33. The highest BCUT2D eigenvalue weighted by Crippen LogP contribution is 2.17. The summed E-state index contributed by atoms with van der Waals surface area (Å²) in [6.45, 7) is 8.15. The van der Waals surface area contributed by atoms with Crippen molar-refractivity contribution >= 4 is 11.7 Å². The van der Waals surface area contributed by atoms with Gasteiger partial charge in [-0.3, -0.25) is 0 Å². The van der Waals surface area contributed by atoms with Crippen molar-refractivity contribution in [3.63, 3.8) is 0 Å². The van der Waals surface area contributed by atoms with Crippen molar-refractivity contribution in [2.24, 2.45) is 5.92 Å². The van der Waals surface area contributed by atoms with E-state index in [9.17, 15) is 4.79 Å². The molecule has 3 rings (SSSR count). The quantitative estimate of drug-likeness (QED) is 0.826. The molecule has 26 heavy (non-hydrogen) atoms. The molecule has 2 aromatic carbocycles. The van der Waals surface area contributed by atoms with Gasteiger partial charge in [0.25, 0.3) is 0 Å². The van der Waals surface area contributed by atoms with Gasteiger partial charge in [0.1, 0.15) is 0 Å². The molecule has 4 heteroatoms. The van der Waals surface area contributed by atoms with Gasteiger partial charge in [-0.1, -0.05) is 36.4 Å². The van der Waals surface area contributed by atoms with Crippen LogP contribution < -0.4 is 10.6 Å². The predicted octanol–water partition coefficient (Wildman–Crippen LogP) is 3.99. The summed E-state index contributed by atoms with van der Waals surface area (Å²) in [4.78, 5) is 14.6. The Hall–Kier alpha value is -2.33. The Kier molecular flexibility index (Phi) is 6.29. The molecule has 1 saturated heterocycles. The van der Waals surface area contributed by atoms with Crippen LogP contribution in [0.4, 0.5) is 10.5 Å². The van der Waals surface area contributed by atoms with Gasteiger partial charge in [-0.05, 0) is 68.0 Å². The van der Waals surface area contributed by atoms with Crippen molar-refractivity contribution in [1.82, 2.24) is 10.2 Å². The first-order valence-electron chi connectivity index (χ1n) is 9.48. The van der Waals surface area contributed by atoms with E-state index in [1.54, 1.807) is 0 Å². The van der Waals surface area contributed by atoms with Crippen molar-refractivity contribution in [1.29, 1.82) is 0 Å².